The molecule has 0 aliphatic carbocycles. The van der Waals surface area contributed by atoms with Gasteiger partial charge in [-0.3, -0.25) is 4.79 Å². The summed E-state index contributed by atoms with van der Waals surface area (Å²) in [6.45, 7) is 5.01. The van der Waals surface area contributed by atoms with Crippen molar-refractivity contribution in [1.29, 1.82) is 0 Å². The number of nitrogens with one attached hydrogen (secondary N) is 2. The van der Waals surface area contributed by atoms with Gasteiger partial charge in [0.15, 0.2) is 0 Å². The Morgan fingerprint density at radius 3 is 3.18 bits per heavy atom. The van der Waals surface area contributed by atoms with E-state index in [1.807, 2.05) is 24.3 Å². The number of carbonyl (C=O) groups excluding carboxylic acids is 1. The molecule has 1 aliphatic rings. The van der Waals surface area contributed by atoms with E-state index in [-0.39, 0.29) is 11.9 Å². The molecule has 2 rings (SSSR count). The monoisotopic (exact) mass is 232 g/mol. The third-order valence-electron chi connectivity index (χ3n) is 2.61. The largest absolute Gasteiger partial charge is 0.491 e. The Kier molecular flexibility index (Phi) is 3.77. The first kappa shape index (κ1) is 11.7. The number of para-hydroxylation sites is 1. The molecule has 0 radical (unpaired) electrons. The van der Waals surface area contributed by atoms with Gasteiger partial charge in [0.05, 0.1) is 12.6 Å². The van der Waals surface area contributed by atoms with Crippen LogP contribution >= 0.6 is 0 Å². The van der Waals surface area contributed by atoms with Gasteiger partial charge in [-0.15, -0.1) is 6.58 Å². The first-order valence-electron chi connectivity index (χ1n) is 5.64. The van der Waals surface area contributed by atoms with E-state index >= 15 is 0 Å². The van der Waals surface area contributed by atoms with E-state index in [1.165, 1.54) is 0 Å². The van der Waals surface area contributed by atoms with Crippen LogP contribution < -0.4 is 15.4 Å². The summed E-state index contributed by atoms with van der Waals surface area (Å²) < 4.78 is 5.49. The minimum Gasteiger partial charge on any atom is -0.491 e. The Morgan fingerprint density at radius 2 is 2.35 bits per heavy atom. The molecule has 1 aromatic carbocycles. The molecule has 4 heteroatoms. The van der Waals surface area contributed by atoms with Crippen molar-refractivity contribution in [2.45, 2.75) is 6.04 Å². The van der Waals surface area contributed by atoms with Gasteiger partial charge < -0.3 is 15.4 Å². The van der Waals surface area contributed by atoms with Crippen molar-refractivity contribution in [3.8, 4) is 5.75 Å². The molecule has 0 saturated carbocycles. The third-order valence-corrected chi connectivity index (χ3v) is 2.61. The molecule has 90 valence electrons. The maximum absolute atomic E-state index is 11.6. The lowest BCUT2D eigenvalue weighted by atomic mass is 10.1. The van der Waals surface area contributed by atoms with Crippen molar-refractivity contribution in [1.82, 2.24) is 10.6 Å². The van der Waals surface area contributed by atoms with Crippen molar-refractivity contribution in [2.24, 2.45) is 0 Å². The zero-order chi connectivity index (χ0) is 12.1. The highest BCUT2D eigenvalue weighted by atomic mass is 16.5. The van der Waals surface area contributed by atoms with Crippen LogP contribution in [0, 0.1) is 0 Å². The fourth-order valence-electron chi connectivity index (χ4n) is 1.82. The molecule has 1 amide bonds. The highest BCUT2D eigenvalue weighted by Crippen LogP contribution is 2.31. The van der Waals surface area contributed by atoms with Crippen molar-refractivity contribution in [3.05, 3.63) is 42.5 Å². The fourth-order valence-corrected chi connectivity index (χ4v) is 1.82. The first-order valence-corrected chi connectivity index (χ1v) is 5.64. The van der Waals surface area contributed by atoms with Crippen molar-refractivity contribution in [2.75, 3.05) is 19.7 Å². The second kappa shape index (κ2) is 5.50. The first-order chi connectivity index (χ1) is 8.31. The molecule has 1 aromatic rings. The van der Waals surface area contributed by atoms with E-state index in [9.17, 15) is 4.79 Å². The summed E-state index contributed by atoms with van der Waals surface area (Å²) in [6, 6.07) is 7.73. The summed E-state index contributed by atoms with van der Waals surface area (Å²) in [4.78, 5) is 11.6. The number of benzene rings is 1. The molecule has 0 fully saturated rings. The van der Waals surface area contributed by atoms with Crippen molar-refractivity contribution >= 4 is 5.91 Å². The summed E-state index contributed by atoms with van der Waals surface area (Å²) in [5.74, 6) is 0.828. The Balaban J connectivity index is 1.88. The molecule has 1 atom stereocenters. The van der Waals surface area contributed by atoms with Gasteiger partial charge in [0, 0.05) is 12.1 Å². The highest BCUT2D eigenvalue weighted by molar-refractivity contribution is 5.78. The van der Waals surface area contributed by atoms with Gasteiger partial charge in [-0.1, -0.05) is 24.3 Å². The van der Waals surface area contributed by atoms with Crippen LogP contribution in [0.15, 0.2) is 36.9 Å². The van der Waals surface area contributed by atoms with E-state index in [0.717, 1.165) is 11.3 Å². The predicted octanol–water partition coefficient (Wildman–Crippen LogP) is 1.01. The number of fused-ring (bicyclic) bond motifs is 1. The normalized spacial score (nSPS) is 17.1. The number of hydrogen-bond acceptors (Lipinski definition) is 3. The van der Waals surface area contributed by atoms with Crippen LogP contribution in [0.5, 0.6) is 5.75 Å². The molecule has 0 spiro atoms. The molecular formula is C13H16N2O2. The van der Waals surface area contributed by atoms with E-state index in [1.54, 1.807) is 6.08 Å². The van der Waals surface area contributed by atoms with Gasteiger partial charge in [0.25, 0.3) is 0 Å². The molecular weight excluding hydrogens is 216 g/mol. The number of amides is 1. The van der Waals surface area contributed by atoms with Crippen LogP contribution in [-0.2, 0) is 4.79 Å². The zero-order valence-corrected chi connectivity index (χ0v) is 9.61. The van der Waals surface area contributed by atoms with Gasteiger partial charge in [-0.05, 0) is 6.07 Å². The fraction of sp³-hybridized carbons (Fsp3) is 0.308. The van der Waals surface area contributed by atoms with Crippen molar-refractivity contribution in [3.63, 3.8) is 0 Å². The Morgan fingerprint density at radius 1 is 1.53 bits per heavy atom. The summed E-state index contributed by atoms with van der Waals surface area (Å²) in [6.07, 6.45) is 1.72. The standard InChI is InChI=1S/C13H16N2O2/c1-2-7-14-8-13(16)15-11-9-17-12-6-4-3-5-10(11)12/h2-6,11,14H,1,7-9H2,(H,15,16). The molecule has 0 aromatic heterocycles. The number of ether oxygens (including phenoxy) is 1. The minimum atomic E-state index is -0.0377. The summed E-state index contributed by atoms with van der Waals surface area (Å²) >= 11 is 0. The predicted molar refractivity (Wildman–Crippen MR) is 65.9 cm³/mol. The van der Waals surface area contributed by atoms with E-state index in [0.29, 0.717) is 19.7 Å². The summed E-state index contributed by atoms with van der Waals surface area (Å²) in [7, 11) is 0. The Labute approximate surface area is 101 Å². The van der Waals surface area contributed by atoms with E-state index in [4.69, 9.17) is 4.74 Å². The van der Waals surface area contributed by atoms with Crippen LogP contribution in [0.4, 0.5) is 0 Å². The molecule has 0 bridgehead atoms. The minimum absolute atomic E-state index is 0.0304. The molecule has 1 aliphatic heterocycles. The van der Waals surface area contributed by atoms with E-state index in [2.05, 4.69) is 17.2 Å². The number of rotatable bonds is 5. The quantitative estimate of drug-likeness (QED) is 0.588. The van der Waals surface area contributed by atoms with Crippen LogP contribution in [0.2, 0.25) is 0 Å². The summed E-state index contributed by atoms with van der Waals surface area (Å²) in [5, 5.41) is 5.90. The highest BCUT2D eigenvalue weighted by Gasteiger charge is 2.24. The molecule has 4 nitrogen and oxygen atoms in total. The van der Waals surface area contributed by atoms with Crippen LogP contribution in [-0.4, -0.2) is 25.6 Å². The average molecular weight is 232 g/mol. The average Bonchev–Trinajstić information content (AvgIpc) is 2.73. The SMILES string of the molecule is C=CCNCC(=O)NC1COc2ccccc21. The van der Waals surface area contributed by atoms with Crippen LogP contribution in [0.3, 0.4) is 0 Å². The van der Waals surface area contributed by atoms with Gasteiger partial charge in [-0.25, -0.2) is 0 Å². The van der Waals surface area contributed by atoms with Gasteiger partial charge >= 0.3 is 0 Å². The van der Waals surface area contributed by atoms with Gasteiger partial charge in [-0.2, -0.15) is 0 Å². The topological polar surface area (TPSA) is 50.4 Å². The maximum atomic E-state index is 11.6. The summed E-state index contributed by atoms with van der Waals surface area (Å²) in [5.41, 5.74) is 1.05. The van der Waals surface area contributed by atoms with Gasteiger partial charge in [0.1, 0.15) is 12.4 Å². The smallest absolute Gasteiger partial charge is 0.234 e. The molecule has 1 unspecified atom stereocenters. The lowest BCUT2D eigenvalue weighted by Gasteiger charge is -2.11. The second-order valence-electron chi connectivity index (χ2n) is 3.89. The van der Waals surface area contributed by atoms with Crippen LogP contribution in [0.1, 0.15) is 11.6 Å². The van der Waals surface area contributed by atoms with Crippen LogP contribution in [0.25, 0.3) is 0 Å². The maximum Gasteiger partial charge on any atom is 0.234 e. The molecule has 0 saturated heterocycles. The zero-order valence-electron chi connectivity index (χ0n) is 9.61. The van der Waals surface area contributed by atoms with Crippen molar-refractivity contribution < 1.29 is 9.53 Å². The lowest BCUT2D eigenvalue weighted by molar-refractivity contribution is -0.121. The Hall–Kier alpha value is -1.81. The molecule has 2 N–H and O–H groups in total. The second-order valence-corrected chi connectivity index (χ2v) is 3.89. The number of carbonyl (C=O) groups is 1. The Bertz CT molecular complexity index is 418. The van der Waals surface area contributed by atoms with Gasteiger partial charge in [0.2, 0.25) is 5.91 Å². The van der Waals surface area contributed by atoms with E-state index < -0.39 is 0 Å². The number of hydrogen-bond donors (Lipinski definition) is 2. The third kappa shape index (κ3) is 2.85. The molecule has 1 heterocycles. The molecule has 17 heavy (non-hydrogen) atoms. The lowest BCUT2D eigenvalue weighted by Crippen LogP contribution is -2.36.